The van der Waals surface area contributed by atoms with E-state index in [0.29, 0.717) is 13.0 Å². The van der Waals surface area contributed by atoms with E-state index in [1.54, 1.807) is 6.92 Å². The highest BCUT2D eigenvalue weighted by Crippen LogP contribution is 2.63. The maximum Gasteiger partial charge on any atom is 0.229 e. The smallest absolute Gasteiger partial charge is 0.229 e. The average molecular weight is 316 g/mol. The highest BCUT2D eigenvalue weighted by Gasteiger charge is 2.67. The van der Waals surface area contributed by atoms with E-state index in [2.05, 4.69) is 5.32 Å². The topological polar surface area (TPSA) is 38.3 Å². The first-order chi connectivity index (χ1) is 9.30. The van der Waals surface area contributed by atoms with E-state index in [-0.39, 0.29) is 11.9 Å². The zero-order valence-electron chi connectivity index (χ0n) is 11.9. The second-order valence-corrected chi connectivity index (χ2v) is 6.89. The van der Waals surface area contributed by atoms with E-state index in [4.69, 9.17) is 27.9 Å². The summed E-state index contributed by atoms with van der Waals surface area (Å²) in [7, 11) is 0. The fourth-order valence-electron chi connectivity index (χ4n) is 2.10. The lowest BCUT2D eigenvalue weighted by atomic mass is 10.1. The van der Waals surface area contributed by atoms with Crippen molar-refractivity contribution >= 4 is 29.1 Å². The number of halogens is 2. The van der Waals surface area contributed by atoms with Crippen molar-refractivity contribution in [3.8, 4) is 5.75 Å². The van der Waals surface area contributed by atoms with Crippen LogP contribution in [0.1, 0.15) is 38.8 Å². The third-order valence-corrected chi connectivity index (χ3v) is 4.90. The fraction of sp³-hybridized carbons (Fsp3) is 0.533. The largest absolute Gasteiger partial charge is 0.494 e. The molecule has 1 amide bonds. The van der Waals surface area contributed by atoms with E-state index in [9.17, 15) is 4.79 Å². The van der Waals surface area contributed by atoms with Crippen LogP contribution in [-0.4, -0.2) is 16.8 Å². The summed E-state index contributed by atoms with van der Waals surface area (Å²) in [6.07, 6.45) is 0.491. The van der Waals surface area contributed by atoms with Gasteiger partial charge in [0.1, 0.15) is 10.1 Å². The molecule has 1 N–H and O–H groups in total. The van der Waals surface area contributed by atoms with Crippen LogP contribution in [-0.2, 0) is 4.79 Å². The number of hydrogen-bond acceptors (Lipinski definition) is 2. The van der Waals surface area contributed by atoms with Crippen LogP contribution in [0.25, 0.3) is 0 Å². The second-order valence-electron chi connectivity index (χ2n) is 5.41. The third kappa shape index (κ3) is 2.89. The molecule has 0 aliphatic heterocycles. The molecule has 1 aliphatic carbocycles. The maximum atomic E-state index is 12.2. The zero-order chi connectivity index (χ0) is 15.0. The number of nitrogens with one attached hydrogen (secondary N) is 1. The summed E-state index contributed by atoms with van der Waals surface area (Å²) in [6.45, 7) is 6.30. The van der Waals surface area contributed by atoms with Crippen molar-refractivity contribution in [2.75, 3.05) is 6.61 Å². The SMILES string of the molecule is CCOc1ccc(C(C)NC(=O)C2(C)CC2(Cl)Cl)cc1. The molecule has 1 aliphatic rings. The Morgan fingerprint density at radius 1 is 1.40 bits per heavy atom. The van der Waals surface area contributed by atoms with Crippen molar-refractivity contribution in [2.24, 2.45) is 5.41 Å². The average Bonchev–Trinajstić information content (AvgIpc) is 2.91. The monoisotopic (exact) mass is 315 g/mol. The quantitative estimate of drug-likeness (QED) is 0.838. The van der Waals surface area contributed by atoms with Crippen LogP contribution < -0.4 is 10.1 Å². The van der Waals surface area contributed by atoms with Gasteiger partial charge in [0.2, 0.25) is 5.91 Å². The minimum Gasteiger partial charge on any atom is -0.494 e. The van der Waals surface area contributed by atoms with Crippen LogP contribution in [0.3, 0.4) is 0 Å². The van der Waals surface area contributed by atoms with E-state index in [1.807, 2.05) is 38.1 Å². The normalized spacial score (nSPS) is 24.9. The molecule has 0 aromatic heterocycles. The zero-order valence-corrected chi connectivity index (χ0v) is 13.4. The van der Waals surface area contributed by atoms with Crippen molar-refractivity contribution in [3.05, 3.63) is 29.8 Å². The first-order valence-corrected chi connectivity index (χ1v) is 7.47. The second kappa shape index (κ2) is 5.45. The van der Waals surface area contributed by atoms with E-state index in [0.717, 1.165) is 11.3 Å². The molecule has 0 spiro atoms. The predicted octanol–water partition coefficient (Wildman–Crippen LogP) is 3.85. The van der Waals surface area contributed by atoms with E-state index >= 15 is 0 Å². The highest BCUT2D eigenvalue weighted by molar-refractivity contribution is 6.53. The first kappa shape index (κ1) is 15.5. The van der Waals surface area contributed by atoms with E-state index in [1.165, 1.54) is 0 Å². The van der Waals surface area contributed by atoms with Gasteiger partial charge in [-0.05, 0) is 44.9 Å². The maximum absolute atomic E-state index is 12.2. The van der Waals surface area contributed by atoms with Crippen LogP contribution in [0.4, 0.5) is 0 Å². The molecule has 1 aromatic carbocycles. The Balaban J connectivity index is 1.98. The molecule has 110 valence electrons. The summed E-state index contributed by atoms with van der Waals surface area (Å²) in [5, 5.41) is 2.96. The molecule has 20 heavy (non-hydrogen) atoms. The standard InChI is InChI=1S/C15H19Cl2NO2/c1-4-20-12-7-5-11(6-8-12)10(2)18-13(19)14(3)9-15(14,16)17/h5-8,10H,4,9H2,1-3H3,(H,18,19). The van der Waals surface area contributed by atoms with E-state index < -0.39 is 9.75 Å². The van der Waals surface area contributed by atoms with Gasteiger partial charge in [-0.1, -0.05) is 12.1 Å². The Bertz CT molecular complexity index is 501. The molecular weight excluding hydrogens is 297 g/mol. The van der Waals surface area contributed by atoms with Gasteiger partial charge in [-0.25, -0.2) is 0 Å². The summed E-state index contributed by atoms with van der Waals surface area (Å²) in [5.74, 6) is 0.716. The van der Waals surface area contributed by atoms with Crippen molar-refractivity contribution in [1.82, 2.24) is 5.32 Å². The lowest BCUT2D eigenvalue weighted by Gasteiger charge is -2.19. The molecule has 2 unspecified atom stereocenters. The van der Waals surface area contributed by atoms with Gasteiger partial charge in [0.05, 0.1) is 18.1 Å². The molecule has 1 fully saturated rings. The van der Waals surface area contributed by atoms with Crippen LogP contribution >= 0.6 is 23.2 Å². The number of ether oxygens (including phenoxy) is 1. The highest BCUT2D eigenvalue weighted by atomic mass is 35.5. The van der Waals surface area contributed by atoms with Crippen LogP contribution in [0.5, 0.6) is 5.75 Å². The Kier molecular flexibility index (Phi) is 4.22. The molecular formula is C15H19Cl2NO2. The Labute approximate surface area is 129 Å². The lowest BCUT2D eigenvalue weighted by Crippen LogP contribution is -2.35. The van der Waals surface area contributed by atoms with Crippen LogP contribution in [0, 0.1) is 5.41 Å². The molecule has 0 bridgehead atoms. The van der Waals surface area contributed by atoms with Gasteiger partial charge in [0.25, 0.3) is 0 Å². The minimum atomic E-state index is -0.935. The molecule has 0 heterocycles. The number of carbonyl (C=O) groups is 1. The number of carbonyl (C=O) groups excluding carboxylic acids is 1. The fourth-order valence-corrected chi connectivity index (χ4v) is 2.81. The summed E-state index contributed by atoms with van der Waals surface area (Å²) in [6, 6.07) is 7.58. The molecule has 2 rings (SSSR count). The summed E-state index contributed by atoms with van der Waals surface area (Å²) in [4.78, 5) is 12.2. The molecule has 1 saturated carbocycles. The number of amides is 1. The van der Waals surface area contributed by atoms with Crippen LogP contribution in [0.2, 0.25) is 0 Å². The summed E-state index contributed by atoms with van der Waals surface area (Å²) in [5.41, 5.74) is 0.330. The molecule has 3 nitrogen and oxygen atoms in total. The van der Waals surface area contributed by atoms with Crippen LogP contribution in [0.15, 0.2) is 24.3 Å². The molecule has 5 heteroatoms. The van der Waals surface area contributed by atoms with Gasteiger partial charge < -0.3 is 10.1 Å². The van der Waals surface area contributed by atoms with Gasteiger partial charge in [-0.2, -0.15) is 0 Å². The number of alkyl halides is 2. The number of benzene rings is 1. The van der Waals surface area contributed by atoms with Gasteiger partial charge in [-0.3, -0.25) is 4.79 Å². The van der Waals surface area contributed by atoms with Gasteiger partial charge in [0, 0.05) is 0 Å². The lowest BCUT2D eigenvalue weighted by molar-refractivity contribution is -0.126. The molecule has 0 radical (unpaired) electrons. The van der Waals surface area contributed by atoms with Crippen molar-refractivity contribution in [1.29, 1.82) is 0 Å². The Hall–Kier alpha value is -0.930. The van der Waals surface area contributed by atoms with Gasteiger partial charge in [-0.15, -0.1) is 23.2 Å². The summed E-state index contributed by atoms with van der Waals surface area (Å²) >= 11 is 12.0. The molecule has 0 saturated heterocycles. The van der Waals surface area contributed by atoms with Crippen molar-refractivity contribution in [3.63, 3.8) is 0 Å². The van der Waals surface area contributed by atoms with Crippen molar-refractivity contribution < 1.29 is 9.53 Å². The Morgan fingerprint density at radius 3 is 2.40 bits per heavy atom. The molecule has 1 aromatic rings. The summed E-state index contributed by atoms with van der Waals surface area (Å²) < 4.78 is 4.46. The minimum absolute atomic E-state index is 0.0975. The van der Waals surface area contributed by atoms with Gasteiger partial charge in [0.15, 0.2) is 0 Å². The van der Waals surface area contributed by atoms with Crippen molar-refractivity contribution in [2.45, 2.75) is 37.6 Å². The molecule has 2 atom stereocenters. The third-order valence-electron chi connectivity index (χ3n) is 3.80. The predicted molar refractivity (Wildman–Crippen MR) is 81.3 cm³/mol. The number of rotatable bonds is 5. The van der Waals surface area contributed by atoms with Gasteiger partial charge >= 0.3 is 0 Å². The number of hydrogen-bond donors (Lipinski definition) is 1. The Morgan fingerprint density at radius 2 is 1.95 bits per heavy atom. The first-order valence-electron chi connectivity index (χ1n) is 6.72.